The highest BCUT2D eigenvalue weighted by molar-refractivity contribution is 8.01. The lowest BCUT2D eigenvalue weighted by Gasteiger charge is -2.38. The molecule has 1 atom stereocenters. The van der Waals surface area contributed by atoms with Crippen molar-refractivity contribution in [3.8, 4) is 6.07 Å². The molecule has 1 amide bonds. The Morgan fingerprint density at radius 2 is 1.90 bits per heavy atom. The van der Waals surface area contributed by atoms with Gasteiger partial charge in [-0.1, -0.05) is 80.3 Å². The molecule has 1 aliphatic carbocycles. The molecule has 3 aromatic rings. The fraction of sp³-hybridized carbons (Fsp3) is 0.323. The molecule has 210 valence electrons. The van der Waals surface area contributed by atoms with E-state index >= 15 is 0 Å². The van der Waals surface area contributed by atoms with Crippen LogP contribution >= 0.6 is 23.1 Å². The van der Waals surface area contributed by atoms with Crippen molar-refractivity contribution in [3.63, 3.8) is 0 Å². The van der Waals surface area contributed by atoms with Crippen molar-refractivity contribution in [2.45, 2.75) is 62.6 Å². The number of Topliss-reactive ketones (excluding diaryl/α,β-unsaturated/α-hetero) is 1. The molecule has 0 radical (unpaired) electrons. The third-order valence-corrected chi connectivity index (χ3v) is 9.45. The molecule has 1 aliphatic heterocycles. The second kappa shape index (κ2) is 12.3. The Morgan fingerprint density at radius 3 is 2.56 bits per heavy atom. The summed E-state index contributed by atoms with van der Waals surface area (Å²) in [7, 11) is 0. The van der Waals surface area contributed by atoms with E-state index in [1.807, 2.05) is 36.4 Å². The molecule has 0 spiro atoms. The fourth-order valence-corrected chi connectivity index (χ4v) is 6.89. The van der Waals surface area contributed by atoms with Crippen molar-refractivity contribution in [1.82, 2.24) is 10.2 Å². The molecule has 5 rings (SSSR count). The highest BCUT2D eigenvalue weighted by atomic mass is 32.2. The van der Waals surface area contributed by atoms with Gasteiger partial charge in [-0.05, 0) is 54.0 Å². The molecular weight excluding hydrogens is 553 g/mol. The Bertz CT molecular complexity index is 1570. The molecule has 2 aliphatic rings. The summed E-state index contributed by atoms with van der Waals surface area (Å²) in [5, 5.41) is 22.3. The second-order valence-electron chi connectivity index (χ2n) is 10.4. The highest BCUT2D eigenvalue weighted by Gasteiger charge is 2.41. The highest BCUT2D eigenvalue weighted by Crippen LogP contribution is 2.47. The number of aryl methyl sites for hydroxylation is 1. The Balaban J connectivity index is 1.39. The van der Waals surface area contributed by atoms with Crippen LogP contribution in [0.3, 0.4) is 0 Å². The molecule has 2 heterocycles. The maximum absolute atomic E-state index is 13.4. The Kier molecular flexibility index (Phi) is 8.57. The molecule has 0 saturated carbocycles. The quantitative estimate of drug-likeness (QED) is 0.297. The van der Waals surface area contributed by atoms with Crippen molar-refractivity contribution in [2.24, 2.45) is 5.73 Å². The number of hydrogen-bond acceptors (Lipinski definition) is 9. The SMILES string of the molecule is CCc1ccc(NC(=O)CSc2nnc(N3C(N)=C(C#N)C(c4ccc(C(C)C)cc4)C4=C3CCCC4=O)s2)cc1. The van der Waals surface area contributed by atoms with Gasteiger partial charge >= 0.3 is 0 Å². The number of nitrogens with one attached hydrogen (secondary N) is 1. The van der Waals surface area contributed by atoms with Crippen LogP contribution in [0.25, 0.3) is 0 Å². The molecule has 8 nitrogen and oxygen atoms in total. The molecule has 41 heavy (non-hydrogen) atoms. The Morgan fingerprint density at radius 1 is 1.17 bits per heavy atom. The first-order valence-corrected chi connectivity index (χ1v) is 15.5. The number of ketones is 1. The number of allylic oxidation sites excluding steroid dienone is 3. The zero-order chi connectivity index (χ0) is 29.1. The smallest absolute Gasteiger partial charge is 0.234 e. The van der Waals surface area contributed by atoms with Crippen molar-refractivity contribution < 1.29 is 9.59 Å². The third-order valence-electron chi connectivity index (χ3n) is 7.41. The number of carbonyl (C=O) groups excluding carboxylic acids is 2. The van der Waals surface area contributed by atoms with Gasteiger partial charge in [0.1, 0.15) is 5.82 Å². The number of aromatic nitrogens is 2. The van der Waals surface area contributed by atoms with Crippen molar-refractivity contribution >= 4 is 45.6 Å². The fourth-order valence-electron chi connectivity index (χ4n) is 5.21. The van der Waals surface area contributed by atoms with Gasteiger partial charge < -0.3 is 11.1 Å². The summed E-state index contributed by atoms with van der Waals surface area (Å²) in [6, 6.07) is 18.2. The summed E-state index contributed by atoms with van der Waals surface area (Å²) < 4.78 is 0.596. The predicted octanol–water partition coefficient (Wildman–Crippen LogP) is 6.26. The van der Waals surface area contributed by atoms with Crippen LogP contribution in [0.4, 0.5) is 10.8 Å². The molecule has 0 fully saturated rings. The first kappa shape index (κ1) is 28.6. The molecule has 0 saturated heterocycles. The van der Waals surface area contributed by atoms with Crippen molar-refractivity contribution in [3.05, 3.63) is 87.9 Å². The minimum Gasteiger partial charge on any atom is -0.384 e. The Labute approximate surface area is 248 Å². The minimum atomic E-state index is -0.517. The number of nitriles is 1. The van der Waals surface area contributed by atoms with Crippen LogP contribution in [0.2, 0.25) is 0 Å². The predicted molar refractivity (Wildman–Crippen MR) is 164 cm³/mol. The molecule has 2 aromatic carbocycles. The summed E-state index contributed by atoms with van der Waals surface area (Å²) in [4.78, 5) is 27.6. The van der Waals surface area contributed by atoms with E-state index in [-0.39, 0.29) is 23.3 Å². The zero-order valence-corrected chi connectivity index (χ0v) is 24.9. The van der Waals surface area contributed by atoms with Gasteiger partial charge in [0.2, 0.25) is 11.0 Å². The van der Waals surface area contributed by atoms with Crippen LogP contribution in [0.5, 0.6) is 0 Å². The maximum Gasteiger partial charge on any atom is 0.234 e. The van der Waals surface area contributed by atoms with Gasteiger partial charge in [-0.2, -0.15) is 5.26 Å². The largest absolute Gasteiger partial charge is 0.384 e. The van der Waals surface area contributed by atoms with Crippen LogP contribution < -0.4 is 16.0 Å². The topological polar surface area (TPSA) is 125 Å². The molecule has 10 heteroatoms. The second-order valence-corrected chi connectivity index (χ2v) is 12.6. The van der Waals surface area contributed by atoms with E-state index in [1.165, 1.54) is 34.2 Å². The number of anilines is 2. The van der Waals surface area contributed by atoms with Crippen molar-refractivity contribution in [2.75, 3.05) is 16.0 Å². The maximum atomic E-state index is 13.4. The van der Waals surface area contributed by atoms with Gasteiger partial charge in [0, 0.05) is 23.4 Å². The van der Waals surface area contributed by atoms with E-state index in [2.05, 4.69) is 54.5 Å². The minimum absolute atomic E-state index is 0.0252. The van der Waals surface area contributed by atoms with Gasteiger partial charge in [-0.25, -0.2) is 0 Å². The first-order chi connectivity index (χ1) is 19.8. The van der Waals surface area contributed by atoms with Crippen LogP contribution in [-0.2, 0) is 16.0 Å². The molecule has 3 N–H and O–H groups in total. The molecule has 0 bridgehead atoms. The van der Waals surface area contributed by atoms with Crippen LogP contribution in [0.15, 0.2) is 75.5 Å². The number of benzene rings is 2. The summed E-state index contributed by atoms with van der Waals surface area (Å²) >= 11 is 2.57. The zero-order valence-electron chi connectivity index (χ0n) is 23.3. The standard InChI is InChI=1S/C31H32N6O2S2/c1-4-19-8-14-22(15-9-19)34-26(39)17-40-31-36-35-30(41-31)37-24-6-5-7-25(38)28(24)27(23(16-32)29(37)33)21-12-10-20(11-13-21)18(2)3/h8-15,18,27H,4-7,17,33H2,1-3H3,(H,34,39). The summed E-state index contributed by atoms with van der Waals surface area (Å²) in [6.07, 6.45) is 2.71. The van der Waals surface area contributed by atoms with Crippen LogP contribution in [0, 0.1) is 11.3 Å². The molecule has 1 unspecified atom stereocenters. The van der Waals surface area contributed by atoms with Gasteiger partial charge in [0.05, 0.1) is 23.3 Å². The number of hydrogen-bond donors (Lipinski definition) is 2. The monoisotopic (exact) mass is 584 g/mol. The van der Waals surface area contributed by atoms with E-state index in [0.29, 0.717) is 45.8 Å². The van der Waals surface area contributed by atoms with E-state index in [0.717, 1.165) is 23.4 Å². The van der Waals surface area contributed by atoms with Gasteiger partial charge in [-0.3, -0.25) is 14.5 Å². The number of thioether (sulfide) groups is 1. The summed E-state index contributed by atoms with van der Waals surface area (Å²) in [5.41, 5.74) is 12.4. The lowest BCUT2D eigenvalue weighted by molar-refractivity contribution is -0.116. The summed E-state index contributed by atoms with van der Waals surface area (Å²) in [5.74, 6) is 0.166. The number of nitrogens with zero attached hydrogens (tertiary/aromatic N) is 4. The normalized spacial score (nSPS) is 17.1. The average Bonchev–Trinajstić information content (AvgIpc) is 3.44. The van der Waals surface area contributed by atoms with Gasteiger partial charge in [0.15, 0.2) is 10.1 Å². The molecule has 1 aromatic heterocycles. The summed E-state index contributed by atoms with van der Waals surface area (Å²) in [6.45, 7) is 6.34. The van der Waals surface area contributed by atoms with Crippen LogP contribution in [-0.4, -0.2) is 27.6 Å². The lowest BCUT2D eigenvalue weighted by atomic mass is 9.75. The third kappa shape index (κ3) is 5.92. The van der Waals surface area contributed by atoms with E-state index in [9.17, 15) is 14.9 Å². The lowest BCUT2D eigenvalue weighted by Crippen LogP contribution is -2.38. The number of rotatable bonds is 8. The van der Waals surface area contributed by atoms with Gasteiger partial charge in [-0.15, -0.1) is 10.2 Å². The molecular formula is C31H32N6O2S2. The number of carbonyl (C=O) groups is 2. The average molecular weight is 585 g/mol. The first-order valence-electron chi connectivity index (χ1n) is 13.7. The van der Waals surface area contributed by atoms with Crippen LogP contribution in [0.1, 0.15) is 68.6 Å². The van der Waals surface area contributed by atoms with E-state index < -0.39 is 5.92 Å². The van der Waals surface area contributed by atoms with E-state index in [4.69, 9.17) is 5.73 Å². The Hall–Kier alpha value is -3.94. The number of amides is 1. The van der Waals surface area contributed by atoms with Gasteiger partial charge in [0.25, 0.3) is 0 Å². The van der Waals surface area contributed by atoms with Crippen molar-refractivity contribution in [1.29, 1.82) is 5.26 Å². The van der Waals surface area contributed by atoms with E-state index in [1.54, 1.807) is 4.90 Å². The number of nitrogens with two attached hydrogens (primary N) is 1.